The highest BCUT2D eigenvalue weighted by Gasteiger charge is 2.12. The number of fused-ring (bicyclic) bond motifs is 1. The fraction of sp³-hybridized carbons (Fsp3) is 0.0667. The molecule has 3 aromatic rings. The number of hydrogen-bond donors (Lipinski definition) is 1. The Labute approximate surface area is 114 Å². The first-order valence-corrected chi connectivity index (χ1v) is 6.07. The van der Waals surface area contributed by atoms with E-state index >= 15 is 0 Å². The van der Waals surface area contributed by atoms with E-state index < -0.39 is 0 Å². The SMILES string of the molecule is COc1c(Oc2cccc3ccccc23)nc[nH]c1=O. The number of ether oxygens (including phenoxy) is 2. The van der Waals surface area contributed by atoms with Gasteiger partial charge in [0.15, 0.2) is 0 Å². The summed E-state index contributed by atoms with van der Waals surface area (Å²) in [5.41, 5.74) is -0.377. The molecule has 5 heteroatoms. The fourth-order valence-electron chi connectivity index (χ4n) is 2.01. The first-order chi connectivity index (χ1) is 9.79. The molecule has 0 aliphatic rings. The van der Waals surface area contributed by atoms with Crippen LogP contribution in [0.5, 0.6) is 17.4 Å². The first-order valence-electron chi connectivity index (χ1n) is 6.07. The fourth-order valence-corrected chi connectivity index (χ4v) is 2.01. The number of rotatable bonds is 3. The average Bonchev–Trinajstić information content (AvgIpc) is 2.48. The quantitative estimate of drug-likeness (QED) is 0.793. The standard InChI is InChI=1S/C15H12N2O3/c1-19-13-14(18)16-9-17-15(13)20-12-8-4-6-10-5-2-3-7-11(10)12/h2-9H,1H3,(H,16,17,18). The van der Waals surface area contributed by atoms with Gasteiger partial charge in [-0.2, -0.15) is 0 Å². The van der Waals surface area contributed by atoms with Crippen LogP contribution in [0, 0.1) is 0 Å². The summed E-state index contributed by atoms with van der Waals surface area (Å²) >= 11 is 0. The highest BCUT2D eigenvalue weighted by Crippen LogP contribution is 2.31. The molecule has 0 amide bonds. The van der Waals surface area contributed by atoms with Crippen LogP contribution in [-0.4, -0.2) is 17.1 Å². The molecular formula is C15H12N2O3. The van der Waals surface area contributed by atoms with Crippen molar-refractivity contribution >= 4 is 10.8 Å². The van der Waals surface area contributed by atoms with Gasteiger partial charge in [-0.15, -0.1) is 0 Å². The summed E-state index contributed by atoms with van der Waals surface area (Å²) in [5.74, 6) is 0.826. The van der Waals surface area contributed by atoms with Crippen LogP contribution in [0.2, 0.25) is 0 Å². The smallest absolute Gasteiger partial charge is 0.297 e. The maximum atomic E-state index is 11.6. The van der Waals surface area contributed by atoms with Crippen molar-refractivity contribution in [3.63, 3.8) is 0 Å². The van der Waals surface area contributed by atoms with Gasteiger partial charge in [0.05, 0.1) is 13.4 Å². The Morgan fingerprint density at radius 2 is 1.90 bits per heavy atom. The van der Waals surface area contributed by atoms with Crippen LogP contribution >= 0.6 is 0 Å². The Bertz CT molecular complexity index is 806. The number of nitrogens with zero attached hydrogens (tertiary/aromatic N) is 1. The molecular weight excluding hydrogens is 256 g/mol. The molecule has 0 aliphatic heterocycles. The van der Waals surface area contributed by atoms with Crippen LogP contribution in [0.3, 0.4) is 0 Å². The summed E-state index contributed by atoms with van der Waals surface area (Å²) in [7, 11) is 1.40. The highest BCUT2D eigenvalue weighted by molar-refractivity contribution is 5.88. The van der Waals surface area contributed by atoms with Crippen LogP contribution in [0.4, 0.5) is 0 Å². The maximum Gasteiger partial charge on any atom is 0.297 e. The van der Waals surface area contributed by atoms with E-state index in [9.17, 15) is 4.79 Å². The van der Waals surface area contributed by atoms with E-state index in [1.165, 1.54) is 13.4 Å². The van der Waals surface area contributed by atoms with Crippen molar-refractivity contribution < 1.29 is 9.47 Å². The molecule has 0 radical (unpaired) electrons. The summed E-state index contributed by atoms with van der Waals surface area (Å²) < 4.78 is 10.8. The molecule has 0 saturated heterocycles. The van der Waals surface area contributed by atoms with Gasteiger partial charge in [0.25, 0.3) is 11.4 Å². The molecule has 0 bridgehead atoms. The number of aromatic amines is 1. The molecule has 1 heterocycles. The van der Waals surface area contributed by atoms with Gasteiger partial charge in [0.2, 0.25) is 5.75 Å². The Morgan fingerprint density at radius 1 is 1.10 bits per heavy atom. The van der Waals surface area contributed by atoms with Gasteiger partial charge in [0.1, 0.15) is 5.75 Å². The molecule has 3 rings (SSSR count). The van der Waals surface area contributed by atoms with Gasteiger partial charge in [-0.05, 0) is 11.5 Å². The number of hydrogen-bond acceptors (Lipinski definition) is 4. The number of aromatic nitrogens is 2. The van der Waals surface area contributed by atoms with Crippen LogP contribution < -0.4 is 15.0 Å². The zero-order valence-electron chi connectivity index (χ0n) is 10.8. The average molecular weight is 268 g/mol. The second-order valence-electron chi connectivity index (χ2n) is 4.15. The van der Waals surface area contributed by atoms with Crippen molar-refractivity contribution in [3.8, 4) is 17.4 Å². The number of H-pyrrole nitrogens is 1. The van der Waals surface area contributed by atoms with Gasteiger partial charge in [-0.1, -0.05) is 36.4 Å². The summed E-state index contributed by atoms with van der Waals surface area (Å²) in [4.78, 5) is 18.1. The van der Waals surface area contributed by atoms with Crippen molar-refractivity contribution in [1.29, 1.82) is 0 Å². The van der Waals surface area contributed by atoms with Crippen LogP contribution in [-0.2, 0) is 0 Å². The Kier molecular flexibility index (Phi) is 3.09. The Balaban J connectivity index is 2.10. The van der Waals surface area contributed by atoms with Gasteiger partial charge >= 0.3 is 0 Å². The second-order valence-corrected chi connectivity index (χ2v) is 4.15. The normalized spacial score (nSPS) is 10.4. The third-order valence-electron chi connectivity index (χ3n) is 2.94. The van der Waals surface area contributed by atoms with Crippen molar-refractivity contribution in [1.82, 2.24) is 9.97 Å². The molecule has 2 aromatic carbocycles. The maximum absolute atomic E-state index is 11.6. The minimum Gasteiger partial charge on any atom is -0.487 e. The predicted molar refractivity (Wildman–Crippen MR) is 75.4 cm³/mol. The monoisotopic (exact) mass is 268 g/mol. The first kappa shape index (κ1) is 12.2. The van der Waals surface area contributed by atoms with Crippen LogP contribution in [0.1, 0.15) is 0 Å². The molecule has 0 atom stereocenters. The van der Waals surface area contributed by atoms with E-state index in [-0.39, 0.29) is 17.2 Å². The summed E-state index contributed by atoms with van der Waals surface area (Å²) in [6.07, 6.45) is 1.28. The number of benzene rings is 2. The van der Waals surface area contributed by atoms with Crippen molar-refractivity contribution in [2.45, 2.75) is 0 Å². The van der Waals surface area contributed by atoms with Crippen molar-refractivity contribution in [2.24, 2.45) is 0 Å². The lowest BCUT2D eigenvalue weighted by Crippen LogP contribution is -2.10. The lowest BCUT2D eigenvalue weighted by atomic mass is 10.1. The minimum absolute atomic E-state index is 0.0560. The van der Waals surface area contributed by atoms with Gasteiger partial charge < -0.3 is 14.5 Å². The minimum atomic E-state index is -0.377. The lowest BCUT2D eigenvalue weighted by Gasteiger charge is -2.10. The lowest BCUT2D eigenvalue weighted by molar-refractivity contribution is 0.364. The molecule has 0 aliphatic carbocycles. The molecule has 5 nitrogen and oxygen atoms in total. The molecule has 1 aromatic heterocycles. The molecule has 0 unspecified atom stereocenters. The van der Waals surface area contributed by atoms with Crippen LogP contribution in [0.15, 0.2) is 53.6 Å². The summed E-state index contributed by atoms with van der Waals surface area (Å²) in [6, 6.07) is 13.5. The highest BCUT2D eigenvalue weighted by atomic mass is 16.5. The second kappa shape index (κ2) is 5.05. The van der Waals surface area contributed by atoms with E-state index in [1.807, 2.05) is 42.5 Å². The van der Waals surface area contributed by atoms with Gasteiger partial charge in [-0.25, -0.2) is 4.98 Å². The topological polar surface area (TPSA) is 64.2 Å². The third kappa shape index (κ3) is 2.09. The number of nitrogens with one attached hydrogen (secondary N) is 1. The summed E-state index contributed by atoms with van der Waals surface area (Å²) in [5, 5.41) is 1.99. The number of methoxy groups -OCH3 is 1. The van der Waals surface area contributed by atoms with Crippen molar-refractivity contribution in [3.05, 3.63) is 59.1 Å². The zero-order chi connectivity index (χ0) is 13.9. The van der Waals surface area contributed by atoms with Gasteiger partial charge in [0, 0.05) is 5.39 Å². The largest absolute Gasteiger partial charge is 0.487 e. The zero-order valence-corrected chi connectivity index (χ0v) is 10.8. The molecule has 100 valence electrons. The molecule has 1 N–H and O–H groups in total. The Hall–Kier alpha value is -2.82. The predicted octanol–water partition coefficient (Wildman–Crippen LogP) is 2.72. The third-order valence-corrected chi connectivity index (χ3v) is 2.94. The molecule has 20 heavy (non-hydrogen) atoms. The summed E-state index contributed by atoms with van der Waals surface area (Å²) in [6.45, 7) is 0. The van der Waals surface area contributed by atoms with Crippen LogP contribution in [0.25, 0.3) is 10.8 Å². The van der Waals surface area contributed by atoms with E-state index in [0.29, 0.717) is 5.75 Å². The Morgan fingerprint density at radius 3 is 2.75 bits per heavy atom. The molecule has 0 fully saturated rings. The van der Waals surface area contributed by atoms with Crippen molar-refractivity contribution in [2.75, 3.05) is 7.11 Å². The van der Waals surface area contributed by atoms with E-state index in [2.05, 4.69) is 9.97 Å². The molecule has 0 saturated carbocycles. The van der Waals surface area contributed by atoms with Gasteiger partial charge in [-0.3, -0.25) is 4.79 Å². The molecule has 0 spiro atoms. The van der Waals surface area contributed by atoms with E-state index in [1.54, 1.807) is 0 Å². The van der Waals surface area contributed by atoms with E-state index in [4.69, 9.17) is 9.47 Å². The van der Waals surface area contributed by atoms with E-state index in [0.717, 1.165) is 10.8 Å².